The smallest absolute Gasteiger partial charge is 0.267 e. The Bertz CT molecular complexity index is 1260. The third-order valence-corrected chi connectivity index (χ3v) is 8.26. The minimum Gasteiger partial charge on any atom is -0.372 e. The molecule has 1 saturated heterocycles. The number of thioether (sulfide) groups is 1. The molecule has 1 fully saturated rings. The highest BCUT2D eigenvalue weighted by atomic mass is 32.2. The first-order chi connectivity index (χ1) is 15.9. The van der Waals surface area contributed by atoms with E-state index >= 15 is 0 Å². The van der Waals surface area contributed by atoms with Crippen LogP contribution in [0.2, 0.25) is 0 Å². The molecule has 5 rings (SSSR count). The topological polar surface area (TPSA) is 64.4 Å². The van der Waals surface area contributed by atoms with Crippen LogP contribution in [0.1, 0.15) is 37.1 Å². The lowest BCUT2D eigenvalue weighted by Gasteiger charge is -2.35. The highest BCUT2D eigenvalue weighted by molar-refractivity contribution is 7.99. The number of morpholine rings is 1. The second-order valence-electron chi connectivity index (χ2n) is 8.72. The summed E-state index contributed by atoms with van der Waals surface area (Å²) in [5.74, 6) is -0.410. The van der Waals surface area contributed by atoms with Gasteiger partial charge >= 0.3 is 0 Å². The number of fused-ring (bicyclic) bond motifs is 3. The Kier molecular flexibility index (Phi) is 6.28. The zero-order valence-corrected chi connectivity index (χ0v) is 20.3. The molecule has 174 valence electrons. The van der Waals surface area contributed by atoms with Crippen LogP contribution >= 0.6 is 23.1 Å². The SMILES string of the molecule is CC1CN(C(=O)CSc2nc3sc4c(c3c(=O)n2-c2ccccc2F)CCCC4)CC(C)O1. The summed E-state index contributed by atoms with van der Waals surface area (Å²) in [5, 5.41) is 0.948. The van der Waals surface area contributed by atoms with Gasteiger partial charge in [0, 0.05) is 18.0 Å². The van der Waals surface area contributed by atoms with Crippen LogP contribution in [0.15, 0.2) is 34.2 Å². The summed E-state index contributed by atoms with van der Waals surface area (Å²) in [5.41, 5.74) is 0.969. The number of rotatable bonds is 4. The Labute approximate surface area is 199 Å². The van der Waals surface area contributed by atoms with Crippen molar-refractivity contribution in [3.63, 3.8) is 0 Å². The fraction of sp³-hybridized carbons (Fsp3) is 0.458. The molecule has 1 aromatic carbocycles. The van der Waals surface area contributed by atoms with E-state index in [0.29, 0.717) is 28.5 Å². The number of nitrogens with zero attached hydrogens (tertiary/aromatic N) is 3. The van der Waals surface area contributed by atoms with E-state index in [2.05, 4.69) is 0 Å². The number of thiophene rings is 1. The molecule has 0 spiro atoms. The highest BCUT2D eigenvalue weighted by Gasteiger charge is 2.27. The van der Waals surface area contributed by atoms with Crippen molar-refractivity contribution in [2.75, 3.05) is 18.8 Å². The second-order valence-corrected chi connectivity index (χ2v) is 10.7. The second kappa shape index (κ2) is 9.19. The zero-order chi connectivity index (χ0) is 23.1. The minimum absolute atomic E-state index is 0.0220. The summed E-state index contributed by atoms with van der Waals surface area (Å²) in [4.78, 5) is 35.1. The standard InChI is InChI=1S/C24H26FN3O3S2/c1-14-11-27(12-15(2)31-14)20(29)13-32-24-26-22-21(16-7-3-6-10-19(16)33-22)23(30)28(24)18-9-5-4-8-17(18)25/h4-5,8-9,14-15H,3,6-7,10-13H2,1-2H3. The Balaban J connectivity index is 1.55. The molecular weight excluding hydrogens is 461 g/mol. The maximum Gasteiger partial charge on any atom is 0.267 e. The van der Waals surface area contributed by atoms with Gasteiger partial charge in [0.05, 0.1) is 29.0 Å². The molecule has 1 amide bonds. The first-order valence-electron chi connectivity index (χ1n) is 11.3. The molecule has 2 unspecified atom stereocenters. The van der Waals surface area contributed by atoms with E-state index in [1.54, 1.807) is 34.4 Å². The molecule has 0 N–H and O–H groups in total. The van der Waals surface area contributed by atoms with Gasteiger partial charge < -0.3 is 9.64 Å². The molecule has 2 aliphatic rings. The lowest BCUT2D eigenvalue weighted by Crippen LogP contribution is -2.48. The fourth-order valence-corrected chi connectivity index (χ4v) is 6.94. The average Bonchev–Trinajstić information content (AvgIpc) is 3.16. The number of hydrogen-bond acceptors (Lipinski definition) is 6. The Morgan fingerprint density at radius 2 is 1.94 bits per heavy atom. The normalized spacial score (nSPS) is 20.8. The van der Waals surface area contributed by atoms with Crippen LogP contribution in [-0.2, 0) is 22.4 Å². The quantitative estimate of drug-likeness (QED) is 0.408. The van der Waals surface area contributed by atoms with Gasteiger partial charge in [-0.25, -0.2) is 9.37 Å². The van der Waals surface area contributed by atoms with E-state index in [9.17, 15) is 14.0 Å². The van der Waals surface area contributed by atoms with Gasteiger partial charge in [-0.1, -0.05) is 23.9 Å². The summed E-state index contributed by atoms with van der Waals surface area (Å²) in [6.07, 6.45) is 3.90. The molecule has 9 heteroatoms. The minimum atomic E-state index is -0.492. The van der Waals surface area contributed by atoms with Crippen LogP contribution in [0.25, 0.3) is 15.9 Å². The van der Waals surface area contributed by atoms with Gasteiger partial charge in [-0.05, 0) is 57.2 Å². The molecular formula is C24H26FN3O3S2. The summed E-state index contributed by atoms with van der Waals surface area (Å²) in [7, 11) is 0. The van der Waals surface area contributed by atoms with Crippen LogP contribution in [0, 0.1) is 5.82 Å². The van der Waals surface area contributed by atoms with Gasteiger partial charge in [0.1, 0.15) is 10.6 Å². The third kappa shape index (κ3) is 4.34. The maximum absolute atomic E-state index is 14.8. The Morgan fingerprint density at radius 1 is 1.21 bits per heavy atom. The van der Waals surface area contributed by atoms with E-state index in [1.807, 2.05) is 13.8 Å². The molecule has 0 bridgehead atoms. The monoisotopic (exact) mass is 487 g/mol. The van der Waals surface area contributed by atoms with Crippen molar-refractivity contribution in [1.29, 1.82) is 0 Å². The van der Waals surface area contributed by atoms with Gasteiger partial charge in [-0.3, -0.25) is 14.2 Å². The fourth-order valence-electron chi connectivity index (χ4n) is 4.73. The van der Waals surface area contributed by atoms with Crippen LogP contribution in [0.5, 0.6) is 0 Å². The van der Waals surface area contributed by atoms with Crippen molar-refractivity contribution in [2.45, 2.75) is 56.9 Å². The lowest BCUT2D eigenvalue weighted by atomic mass is 9.97. The van der Waals surface area contributed by atoms with E-state index in [4.69, 9.17) is 9.72 Å². The van der Waals surface area contributed by atoms with Gasteiger partial charge in [0.2, 0.25) is 5.91 Å². The van der Waals surface area contributed by atoms with Gasteiger partial charge in [-0.2, -0.15) is 0 Å². The number of hydrogen-bond donors (Lipinski definition) is 0. The van der Waals surface area contributed by atoms with Crippen molar-refractivity contribution in [2.24, 2.45) is 0 Å². The van der Waals surface area contributed by atoms with Gasteiger partial charge in [0.15, 0.2) is 5.16 Å². The van der Waals surface area contributed by atoms with Crippen LogP contribution in [0.4, 0.5) is 4.39 Å². The number of para-hydroxylation sites is 1. The van der Waals surface area contributed by atoms with E-state index in [-0.39, 0.29) is 35.1 Å². The molecule has 0 radical (unpaired) electrons. The number of aromatic nitrogens is 2. The molecule has 3 aromatic rings. The molecule has 1 aliphatic carbocycles. The number of halogens is 1. The van der Waals surface area contributed by atoms with E-state index < -0.39 is 5.82 Å². The summed E-state index contributed by atoms with van der Waals surface area (Å²) in [6.45, 7) is 4.97. The number of amides is 1. The summed E-state index contributed by atoms with van der Waals surface area (Å²) in [6, 6.07) is 6.22. The number of carbonyl (C=O) groups is 1. The van der Waals surface area contributed by atoms with Crippen LogP contribution in [-0.4, -0.2) is 51.4 Å². The maximum atomic E-state index is 14.8. The zero-order valence-electron chi connectivity index (χ0n) is 18.7. The summed E-state index contributed by atoms with van der Waals surface area (Å²) >= 11 is 2.75. The van der Waals surface area contributed by atoms with Gasteiger partial charge in [-0.15, -0.1) is 11.3 Å². The first kappa shape index (κ1) is 22.6. The number of benzene rings is 1. The molecule has 2 atom stereocenters. The first-order valence-corrected chi connectivity index (χ1v) is 13.1. The van der Waals surface area contributed by atoms with Crippen molar-refractivity contribution < 1.29 is 13.9 Å². The van der Waals surface area contributed by atoms with Crippen molar-refractivity contribution in [3.8, 4) is 5.69 Å². The molecule has 1 aliphatic heterocycles. The van der Waals surface area contributed by atoms with Crippen molar-refractivity contribution in [1.82, 2.24) is 14.5 Å². The number of carbonyl (C=O) groups excluding carboxylic acids is 1. The molecule has 6 nitrogen and oxygen atoms in total. The number of aryl methyl sites for hydroxylation is 2. The predicted octanol–water partition coefficient (Wildman–Crippen LogP) is 4.19. The average molecular weight is 488 g/mol. The molecule has 2 aromatic heterocycles. The molecule has 33 heavy (non-hydrogen) atoms. The van der Waals surface area contributed by atoms with Crippen molar-refractivity contribution in [3.05, 3.63) is 50.9 Å². The van der Waals surface area contributed by atoms with Crippen LogP contribution in [0.3, 0.4) is 0 Å². The highest BCUT2D eigenvalue weighted by Crippen LogP contribution is 2.35. The lowest BCUT2D eigenvalue weighted by molar-refractivity contribution is -0.140. The molecule has 3 heterocycles. The number of ether oxygens (including phenoxy) is 1. The molecule has 0 saturated carbocycles. The van der Waals surface area contributed by atoms with E-state index in [0.717, 1.165) is 31.2 Å². The Hall–Kier alpha value is -2.23. The van der Waals surface area contributed by atoms with Gasteiger partial charge in [0.25, 0.3) is 5.56 Å². The third-order valence-electron chi connectivity index (χ3n) is 6.15. The van der Waals surface area contributed by atoms with Crippen LogP contribution < -0.4 is 5.56 Å². The predicted molar refractivity (Wildman–Crippen MR) is 129 cm³/mol. The van der Waals surface area contributed by atoms with E-state index in [1.165, 1.54) is 27.3 Å². The summed E-state index contributed by atoms with van der Waals surface area (Å²) < 4.78 is 21.9. The van der Waals surface area contributed by atoms with Crippen molar-refractivity contribution >= 4 is 39.2 Å². The Morgan fingerprint density at radius 3 is 2.70 bits per heavy atom. The largest absolute Gasteiger partial charge is 0.372 e.